The second-order valence-corrected chi connectivity index (χ2v) is 6.71. The van der Waals surface area contributed by atoms with Gasteiger partial charge >= 0.3 is 0 Å². The second kappa shape index (κ2) is 7.24. The average molecular weight is 274 g/mol. The Kier molecular flexibility index (Phi) is 5.62. The van der Waals surface area contributed by atoms with Gasteiger partial charge in [-0.1, -0.05) is 51.5 Å². The Morgan fingerprint density at radius 1 is 1.15 bits per heavy atom. The quantitative estimate of drug-likeness (QED) is 0.814. The molecule has 2 nitrogen and oxygen atoms in total. The number of hydrogen-bond acceptors (Lipinski definition) is 2. The predicted molar refractivity (Wildman–Crippen MR) is 87.1 cm³/mol. The van der Waals surface area contributed by atoms with Crippen LogP contribution in [-0.2, 0) is 6.54 Å². The molecule has 1 aliphatic carbocycles. The minimum absolute atomic E-state index is 0.563. The van der Waals surface area contributed by atoms with Crippen molar-refractivity contribution in [1.29, 1.82) is 0 Å². The molecule has 20 heavy (non-hydrogen) atoms. The van der Waals surface area contributed by atoms with Crippen molar-refractivity contribution in [3.63, 3.8) is 0 Å². The molecule has 2 rings (SSSR count). The van der Waals surface area contributed by atoms with E-state index in [1.807, 2.05) is 0 Å². The van der Waals surface area contributed by atoms with Gasteiger partial charge in [-0.2, -0.15) is 0 Å². The van der Waals surface area contributed by atoms with Gasteiger partial charge < -0.3 is 5.32 Å². The fourth-order valence-corrected chi connectivity index (χ4v) is 2.73. The molecule has 1 N–H and O–H groups in total. The zero-order chi connectivity index (χ0) is 14.5. The molecule has 0 amide bonds. The Balaban J connectivity index is 1.85. The van der Waals surface area contributed by atoms with E-state index in [0.29, 0.717) is 12.0 Å². The Bertz CT molecular complexity index is 392. The van der Waals surface area contributed by atoms with E-state index < -0.39 is 0 Å². The third kappa shape index (κ3) is 4.32. The summed E-state index contributed by atoms with van der Waals surface area (Å²) in [5.41, 5.74) is 2.88. The van der Waals surface area contributed by atoms with E-state index in [1.54, 1.807) is 0 Å². The van der Waals surface area contributed by atoms with Crippen molar-refractivity contribution in [2.45, 2.75) is 64.6 Å². The zero-order valence-corrected chi connectivity index (χ0v) is 13.5. The van der Waals surface area contributed by atoms with Crippen LogP contribution in [0, 0.1) is 0 Å². The maximum Gasteiger partial charge on any atom is 0.0233 e. The van der Waals surface area contributed by atoms with E-state index in [2.05, 4.69) is 62.3 Å². The van der Waals surface area contributed by atoms with Crippen molar-refractivity contribution in [3.05, 3.63) is 35.4 Å². The molecule has 1 aromatic carbocycles. The fraction of sp³-hybridized carbons (Fsp3) is 0.667. The van der Waals surface area contributed by atoms with Crippen LogP contribution in [0.3, 0.4) is 0 Å². The lowest BCUT2D eigenvalue weighted by atomic mass is 9.91. The number of nitrogens with zero attached hydrogens (tertiary/aromatic N) is 1. The van der Waals surface area contributed by atoms with Crippen molar-refractivity contribution in [2.24, 2.45) is 0 Å². The summed E-state index contributed by atoms with van der Waals surface area (Å²) in [6, 6.07) is 10.6. The largest absolute Gasteiger partial charge is 0.314 e. The first kappa shape index (κ1) is 15.5. The van der Waals surface area contributed by atoms with Crippen molar-refractivity contribution >= 4 is 0 Å². The molecule has 0 bridgehead atoms. The fourth-order valence-electron chi connectivity index (χ4n) is 2.73. The Hall–Kier alpha value is -0.860. The average Bonchev–Trinajstić information content (AvgIpc) is 2.34. The predicted octanol–water partition coefficient (Wildman–Crippen LogP) is 3.77. The Morgan fingerprint density at radius 2 is 1.80 bits per heavy atom. The highest BCUT2D eigenvalue weighted by Crippen LogP contribution is 2.25. The SMILES string of the molecule is CC(C)NCC(C)c1ccc(CN(C)C2CCC2)cc1. The molecule has 1 unspecified atom stereocenters. The smallest absolute Gasteiger partial charge is 0.0233 e. The van der Waals surface area contributed by atoms with Crippen LogP contribution in [0.1, 0.15) is 57.1 Å². The lowest BCUT2D eigenvalue weighted by Gasteiger charge is -2.34. The van der Waals surface area contributed by atoms with Gasteiger partial charge in [0.25, 0.3) is 0 Å². The third-order valence-corrected chi connectivity index (χ3v) is 4.51. The highest BCUT2D eigenvalue weighted by Gasteiger charge is 2.21. The molecule has 112 valence electrons. The standard InChI is InChI=1S/C18H30N2/c1-14(2)19-12-15(3)17-10-8-16(9-11-17)13-20(4)18-6-5-7-18/h8-11,14-15,18-19H,5-7,12-13H2,1-4H3. The summed E-state index contributed by atoms with van der Waals surface area (Å²) in [5, 5.41) is 3.51. The molecule has 0 spiro atoms. The van der Waals surface area contributed by atoms with Gasteiger partial charge in [0, 0.05) is 25.2 Å². The van der Waals surface area contributed by atoms with Crippen LogP contribution in [0.4, 0.5) is 0 Å². The van der Waals surface area contributed by atoms with Crippen LogP contribution >= 0.6 is 0 Å². The van der Waals surface area contributed by atoms with Crippen LogP contribution in [0.2, 0.25) is 0 Å². The summed E-state index contributed by atoms with van der Waals surface area (Å²) < 4.78 is 0. The molecule has 0 saturated heterocycles. The zero-order valence-electron chi connectivity index (χ0n) is 13.5. The highest BCUT2D eigenvalue weighted by atomic mass is 15.1. The minimum Gasteiger partial charge on any atom is -0.314 e. The van der Waals surface area contributed by atoms with Crippen LogP contribution in [0.25, 0.3) is 0 Å². The summed E-state index contributed by atoms with van der Waals surface area (Å²) in [4.78, 5) is 2.50. The molecular weight excluding hydrogens is 244 g/mol. The molecule has 1 aromatic rings. The number of hydrogen-bond donors (Lipinski definition) is 1. The van der Waals surface area contributed by atoms with Gasteiger partial charge in [0.15, 0.2) is 0 Å². The summed E-state index contributed by atoms with van der Waals surface area (Å²) in [7, 11) is 2.26. The van der Waals surface area contributed by atoms with E-state index in [4.69, 9.17) is 0 Å². The maximum absolute atomic E-state index is 3.51. The molecule has 0 aromatic heterocycles. The highest BCUT2D eigenvalue weighted by molar-refractivity contribution is 5.25. The van der Waals surface area contributed by atoms with Crippen molar-refractivity contribution in [3.8, 4) is 0 Å². The first-order chi connectivity index (χ1) is 9.56. The van der Waals surface area contributed by atoms with Crippen LogP contribution in [-0.4, -0.2) is 30.6 Å². The third-order valence-electron chi connectivity index (χ3n) is 4.51. The van der Waals surface area contributed by atoms with Crippen LogP contribution < -0.4 is 5.32 Å². The summed E-state index contributed by atoms with van der Waals surface area (Å²) >= 11 is 0. The molecule has 1 saturated carbocycles. The van der Waals surface area contributed by atoms with Crippen LogP contribution in [0.5, 0.6) is 0 Å². The topological polar surface area (TPSA) is 15.3 Å². The first-order valence-electron chi connectivity index (χ1n) is 8.08. The van der Waals surface area contributed by atoms with E-state index in [9.17, 15) is 0 Å². The van der Waals surface area contributed by atoms with Crippen molar-refractivity contribution < 1.29 is 0 Å². The molecule has 0 radical (unpaired) electrons. The maximum atomic E-state index is 3.51. The number of rotatable bonds is 7. The van der Waals surface area contributed by atoms with E-state index in [0.717, 1.165) is 19.1 Å². The molecule has 0 aliphatic heterocycles. The van der Waals surface area contributed by atoms with Gasteiger partial charge in [-0.25, -0.2) is 0 Å². The van der Waals surface area contributed by atoms with E-state index >= 15 is 0 Å². The van der Waals surface area contributed by atoms with Crippen LogP contribution in [0.15, 0.2) is 24.3 Å². The molecule has 0 heterocycles. The van der Waals surface area contributed by atoms with Gasteiger partial charge in [-0.15, -0.1) is 0 Å². The number of benzene rings is 1. The van der Waals surface area contributed by atoms with Gasteiger partial charge in [-0.05, 0) is 36.9 Å². The van der Waals surface area contributed by atoms with Crippen molar-refractivity contribution in [2.75, 3.05) is 13.6 Å². The lowest BCUT2D eigenvalue weighted by molar-refractivity contribution is 0.152. The molecule has 1 atom stereocenters. The lowest BCUT2D eigenvalue weighted by Crippen LogP contribution is -2.36. The summed E-state index contributed by atoms with van der Waals surface area (Å²) in [5.74, 6) is 0.579. The van der Waals surface area contributed by atoms with E-state index in [-0.39, 0.29) is 0 Å². The minimum atomic E-state index is 0.563. The molecule has 2 heteroatoms. The van der Waals surface area contributed by atoms with Gasteiger partial charge in [0.1, 0.15) is 0 Å². The summed E-state index contributed by atoms with van der Waals surface area (Å²) in [6.07, 6.45) is 4.17. The van der Waals surface area contributed by atoms with Crippen molar-refractivity contribution in [1.82, 2.24) is 10.2 Å². The van der Waals surface area contributed by atoms with Gasteiger partial charge in [0.2, 0.25) is 0 Å². The second-order valence-electron chi connectivity index (χ2n) is 6.71. The normalized spacial score (nSPS) is 17.5. The van der Waals surface area contributed by atoms with Gasteiger partial charge in [-0.3, -0.25) is 4.90 Å². The summed E-state index contributed by atoms with van der Waals surface area (Å²) in [6.45, 7) is 8.84. The van der Waals surface area contributed by atoms with E-state index in [1.165, 1.54) is 30.4 Å². The molecular formula is C18H30N2. The Morgan fingerprint density at radius 3 is 2.30 bits per heavy atom. The van der Waals surface area contributed by atoms with Gasteiger partial charge in [0.05, 0.1) is 0 Å². The monoisotopic (exact) mass is 274 g/mol. The molecule has 1 aliphatic rings. The Labute approximate surface area is 124 Å². The number of nitrogens with one attached hydrogen (secondary N) is 1. The molecule has 1 fully saturated rings. The first-order valence-corrected chi connectivity index (χ1v) is 8.08.